The lowest BCUT2D eigenvalue weighted by atomic mass is 10.9. The van der Waals surface area contributed by atoms with Gasteiger partial charge in [-0.1, -0.05) is 0 Å². The first-order valence-electron chi connectivity index (χ1n) is 10.5. The van der Waals surface area contributed by atoms with E-state index in [9.17, 15) is 0 Å². The second kappa shape index (κ2) is 16.2. The normalized spacial score (nSPS) is 13.9. The molecule has 0 aliphatic heterocycles. The lowest BCUT2D eigenvalue weighted by molar-refractivity contribution is 0.108. The first-order chi connectivity index (χ1) is 14.7. The second-order valence-corrected chi connectivity index (χ2v) is 26.2. The third-order valence-electron chi connectivity index (χ3n) is 2.91. The standard InChI is InChI=1S/C14H39O10Si8/c1-12-15-25-18-32(19-26-16-13-2,20-27-17-14-3)24-31(10,11)23-30(8,9)22-29(6,7)21-28(4)5/h12-14H2,1-11H3. The molecular weight excluding hydrogens is 553 g/mol. The molecule has 0 bridgehead atoms. The Labute approximate surface area is 208 Å². The monoisotopic (exact) mass is 591 g/mol. The molecule has 0 heterocycles. The molecule has 0 fully saturated rings. The molecule has 187 valence electrons. The summed E-state index contributed by atoms with van der Waals surface area (Å²) < 4.78 is 59.4. The highest BCUT2D eigenvalue weighted by Crippen LogP contribution is 2.26. The average Bonchev–Trinajstić information content (AvgIpc) is 2.58. The molecule has 0 amide bonds. The molecule has 0 aromatic carbocycles. The van der Waals surface area contributed by atoms with Gasteiger partial charge in [0.1, 0.15) is 0 Å². The van der Waals surface area contributed by atoms with E-state index in [0.717, 1.165) is 0 Å². The van der Waals surface area contributed by atoms with Crippen LogP contribution in [0, 0.1) is 0 Å². The van der Waals surface area contributed by atoms with Crippen molar-refractivity contribution >= 4 is 73.8 Å². The molecule has 0 saturated carbocycles. The van der Waals surface area contributed by atoms with Gasteiger partial charge >= 0.3 is 64.8 Å². The fourth-order valence-corrected chi connectivity index (χ4v) is 25.6. The maximum absolute atomic E-state index is 6.50. The van der Waals surface area contributed by atoms with Crippen molar-refractivity contribution in [3.8, 4) is 0 Å². The lowest BCUT2D eigenvalue weighted by Gasteiger charge is -2.40. The van der Waals surface area contributed by atoms with Crippen molar-refractivity contribution in [3.05, 3.63) is 0 Å². The SMILES string of the molecule is CCO[Si]O[Si](O[Si]OCC)(O[Si]OCC)O[Si](C)(C)O[Si](C)(C)O[Si](C)(C)O[Si](C)C. The van der Waals surface area contributed by atoms with Crippen molar-refractivity contribution in [3.63, 3.8) is 0 Å². The van der Waals surface area contributed by atoms with E-state index < -0.39 is 43.8 Å². The van der Waals surface area contributed by atoms with Gasteiger partial charge in [-0.25, -0.2) is 0 Å². The molecule has 0 aliphatic rings. The summed E-state index contributed by atoms with van der Waals surface area (Å²) in [4.78, 5) is 0. The Morgan fingerprint density at radius 1 is 0.562 bits per heavy atom. The fraction of sp³-hybridized carbons (Fsp3) is 1.00. The van der Waals surface area contributed by atoms with E-state index >= 15 is 0 Å². The predicted molar refractivity (Wildman–Crippen MR) is 135 cm³/mol. The molecule has 0 unspecified atom stereocenters. The smallest absolute Gasteiger partial charge is 0.437 e. The minimum absolute atomic E-state index is 0.309. The third kappa shape index (κ3) is 16.1. The van der Waals surface area contributed by atoms with E-state index in [-0.39, 0.29) is 30.0 Å². The molecule has 0 saturated heterocycles. The highest BCUT2D eigenvalue weighted by atomic mass is 28.5. The summed E-state index contributed by atoms with van der Waals surface area (Å²) in [6.45, 7) is 23.3. The number of hydrogen-bond acceptors (Lipinski definition) is 10. The van der Waals surface area contributed by atoms with Gasteiger partial charge in [0.2, 0.25) is 0 Å². The summed E-state index contributed by atoms with van der Waals surface area (Å²) in [6, 6.07) is 0. The van der Waals surface area contributed by atoms with E-state index in [1.54, 1.807) is 0 Å². The van der Waals surface area contributed by atoms with E-state index in [4.69, 9.17) is 42.1 Å². The van der Waals surface area contributed by atoms with Crippen molar-refractivity contribution in [2.45, 2.75) is 73.1 Å². The van der Waals surface area contributed by atoms with Crippen LogP contribution in [0.25, 0.3) is 0 Å². The van der Waals surface area contributed by atoms with Gasteiger partial charge in [-0.2, -0.15) is 0 Å². The van der Waals surface area contributed by atoms with E-state index in [0.29, 0.717) is 19.8 Å². The highest BCUT2D eigenvalue weighted by molar-refractivity contribution is 6.88. The van der Waals surface area contributed by atoms with Crippen molar-refractivity contribution in [2.24, 2.45) is 0 Å². The molecule has 0 atom stereocenters. The molecular formula is C14H39O10Si8. The summed E-state index contributed by atoms with van der Waals surface area (Å²) in [5.74, 6) is 0. The number of hydrogen-bond donors (Lipinski definition) is 0. The molecule has 0 aromatic rings. The van der Waals surface area contributed by atoms with Gasteiger partial charge in [-0.3, -0.25) is 0 Å². The van der Waals surface area contributed by atoms with E-state index in [1.807, 2.05) is 60.1 Å². The van der Waals surface area contributed by atoms with Crippen LogP contribution in [-0.2, 0) is 42.1 Å². The molecule has 0 rings (SSSR count). The van der Waals surface area contributed by atoms with Crippen molar-refractivity contribution < 1.29 is 42.1 Å². The minimum atomic E-state index is -3.68. The number of rotatable bonds is 20. The molecule has 10 nitrogen and oxygen atoms in total. The Balaban J connectivity index is 5.52. The maximum atomic E-state index is 6.50. The summed E-state index contributed by atoms with van der Waals surface area (Å²) in [5, 5.41) is 0. The Morgan fingerprint density at radius 3 is 1.25 bits per heavy atom. The van der Waals surface area contributed by atoms with E-state index in [1.165, 1.54) is 0 Å². The minimum Gasteiger partial charge on any atom is -0.437 e. The van der Waals surface area contributed by atoms with Crippen molar-refractivity contribution in [2.75, 3.05) is 19.8 Å². The third-order valence-corrected chi connectivity index (χ3v) is 22.6. The fourth-order valence-electron chi connectivity index (χ4n) is 2.58. The van der Waals surface area contributed by atoms with Crippen LogP contribution in [0.15, 0.2) is 0 Å². The van der Waals surface area contributed by atoms with Crippen LogP contribution in [0.3, 0.4) is 0 Å². The van der Waals surface area contributed by atoms with Crippen LogP contribution in [0.4, 0.5) is 0 Å². The summed E-state index contributed by atoms with van der Waals surface area (Å²) in [5.41, 5.74) is 0. The molecule has 0 N–H and O–H groups in total. The topological polar surface area (TPSA) is 92.3 Å². The lowest BCUT2D eigenvalue weighted by Crippen LogP contribution is -2.62. The van der Waals surface area contributed by atoms with Crippen molar-refractivity contribution in [1.29, 1.82) is 0 Å². The summed E-state index contributed by atoms with van der Waals surface area (Å²) in [7, 11) is -13.3. The van der Waals surface area contributed by atoms with Crippen molar-refractivity contribution in [1.82, 2.24) is 0 Å². The quantitative estimate of drug-likeness (QED) is 0.155. The molecule has 0 aromatic heterocycles. The van der Waals surface area contributed by atoms with Gasteiger partial charge in [0.25, 0.3) is 0 Å². The first kappa shape index (κ1) is 33.3. The predicted octanol–water partition coefficient (Wildman–Crippen LogP) is 2.61. The van der Waals surface area contributed by atoms with Crippen LogP contribution >= 0.6 is 0 Å². The van der Waals surface area contributed by atoms with E-state index in [2.05, 4.69) is 13.1 Å². The van der Waals surface area contributed by atoms with Gasteiger partial charge in [0, 0.05) is 19.8 Å². The molecule has 7 radical (unpaired) electrons. The molecule has 18 heteroatoms. The van der Waals surface area contributed by atoms with Crippen LogP contribution in [0.5, 0.6) is 0 Å². The zero-order chi connectivity index (χ0) is 24.9. The zero-order valence-electron chi connectivity index (χ0n) is 21.2. The Morgan fingerprint density at radius 2 is 0.906 bits per heavy atom. The Kier molecular flexibility index (Phi) is 16.8. The molecule has 32 heavy (non-hydrogen) atoms. The Bertz CT molecular complexity index is 474. The van der Waals surface area contributed by atoms with Gasteiger partial charge in [-0.15, -0.1) is 0 Å². The molecule has 0 spiro atoms. The zero-order valence-corrected chi connectivity index (χ0v) is 29.2. The average molecular weight is 592 g/mol. The first-order valence-corrected chi connectivity index (χ1v) is 25.4. The van der Waals surface area contributed by atoms with Crippen LogP contribution < -0.4 is 0 Å². The second-order valence-electron chi connectivity index (χ2n) is 7.87. The van der Waals surface area contributed by atoms with Gasteiger partial charge in [-0.05, 0) is 73.1 Å². The largest absolute Gasteiger partial charge is 0.643 e. The van der Waals surface area contributed by atoms with Crippen LogP contribution in [0.1, 0.15) is 20.8 Å². The van der Waals surface area contributed by atoms with Crippen LogP contribution in [0.2, 0.25) is 52.4 Å². The highest BCUT2D eigenvalue weighted by Gasteiger charge is 2.53. The molecule has 0 aliphatic carbocycles. The summed E-state index contributed by atoms with van der Waals surface area (Å²) >= 11 is 0. The van der Waals surface area contributed by atoms with Crippen LogP contribution in [-0.4, -0.2) is 93.6 Å². The van der Waals surface area contributed by atoms with Gasteiger partial charge in [0.05, 0.1) is 0 Å². The Hall–Kier alpha value is 1.34. The van der Waals surface area contributed by atoms with Gasteiger partial charge < -0.3 is 42.1 Å². The maximum Gasteiger partial charge on any atom is 0.643 e. The summed E-state index contributed by atoms with van der Waals surface area (Å²) in [6.07, 6.45) is 0. The van der Waals surface area contributed by atoms with Gasteiger partial charge in [0.15, 0.2) is 9.04 Å².